The maximum Gasteiger partial charge on any atom is 0.308 e. The van der Waals surface area contributed by atoms with Gasteiger partial charge in [0.2, 0.25) is 0 Å². The largest absolute Gasteiger partial charge is 0.504 e. The maximum absolute atomic E-state index is 11.1. The lowest BCUT2D eigenvalue weighted by Crippen LogP contribution is -2.23. The third-order valence-corrected chi connectivity index (χ3v) is 3.96. The number of rotatable bonds is 4. The van der Waals surface area contributed by atoms with Crippen molar-refractivity contribution in [1.29, 1.82) is 0 Å². The molecule has 2 N–H and O–H groups in total. The number of carboxylic acid groups (broad SMARTS) is 1. The van der Waals surface area contributed by atoms with Crippen LogP contribution < -0.4 is 4.74 Å². The Labute approximate surface area is 122 Å². The number of benzene rings is 1. The van der Waals surface area contributed by atoms with Crippen molar-refractivity contribution in [2.75, 3.05) is 20.2 Å². The molecule has 1 aromatic rings. The first-order valence-corrected chi connectivity index (χ1v) is 6.80. The molecule has 0 spiro atoms. The van der Waals surface area contributed by atoms with E-state index in [0.717, 1.165) is 0 Å². The molecule has 1 fully saturated rings. The molecule has 1 aliphatic heterocycles. The second-order valence-electron chi connectivity index (χ2n) is 5.23. The Kier molecular flexibility index (Phi) is 4.40. The van der Waals surface area contributed by atoms with Gasteiger partial charge in [0.25, 0.3) is 0 Å². The van der Waals surface area contributed by atoms with Crippen molar-refractivity contribution in [2.24, 2.45) is 11.8 Å². The molecule has 0 aliphatic carbocycles. The average molecular weight is 300 g/mol. The van der Waals surface area contributed by atoms with E-state index in [0.29, 0.717) is 36.0 Å². The highest BCUT2D eigenvalue weighted by molar-refractivity contribution is 6.30. The van der Waals surface area contributed by atoms with Crippen LogP contribution in [0.2, 0.25) is 5.02 Å². The van der Waals surface area contributed by atoms with Crippen LogP contribution in [-0.2, 0) is 11.3 Å². The van der Waals surface area contributed by atoms with Gasteiger partial charge in [0.05, 0.1) is 13.0 Å². The minimum absolute atomic E-state index is 0.0586. The molecule has 1 saturated heterocycles. The second kappa shape index (κ2) is 5.89. The van der Waals surface area contributed by atoms with Gasteiger partial charge in [0, 0.05) is 36.3 Å². The van der Waals surface area contributed by atoms with E-state index in [1.807, 2.05) is 11.8 Å². The first-order chi connectivity index (χ1) is 9.42. The van der Waals surface area contributed by atoms with Crippen LogP contribution in [-0.4, -0.2) is 41.3 Å². The number of phenols is 1. The molecule has 6 heteroatoms. The molecule has 1 aromatic carbocycles. The number of ether oxygens (including phenoxy) is 1. The summed E-state index contributed by atoms with van der Waals surface area (Å²) in [5.74, 6) is -0.653. The molecule has 0 aromatic heterocycles. The van der Waals surface area contributed by atoms with Crippen molar-refractivity contribution in [1.82, 2.24) is 4.90 Å². The molecule has 20 heavy (non-hydrogen) atoms. The average Bonchev–Trinajstić information content (AvgIpc) is 2.74. The van der Waals surface area contributed by atoms with Crippen LogP contribution in [0.1, 0.15) is 12.5 Å². The Morgan fingerprint density at radius 1 is 1.50 bits per heavy atom. The van der Waals surface area contributed by atoms with Crippen LogP contribution in [0.4, 0.5) is 0 Å². The lowest BCUT2D eigenvalue weighted by atomic mass is 9.99. The van der Waals surface area contributed by atoms with Gasteiger partial charge in [0.1, 0.15) is 0 Å². The van der Waals surface area contributed by atoms with Crippen molar-refractivity contribution >= 4 is 17.6 Å². The SMILES string of the molecule is COc1cc(Cl)cc(CN2CC(C)C(C(=O)O)C2)c1O. The van der Waals surface area contributed by atoms with Crippen molar-refractivity contribution in [3.63, 3.8) is 0 Å². The topological polar surface area (TPSA) is 70.0 Å². The number of methoxy groups -OCH3 is 1. The van der Waals surface area contributed by atoms with Crippen molar-refractivity contribution in [2.45, 2.75) is 13.5 Å². The Bertz CT molecular complexity index is 520. The molecule has 2 atom stereocenters. The van der Waals surface area contributed by atoms with Crippen LogP contribution in [0.15, 0.2) is 12.1 Å². The van der Waals surface area contributed by atoms with Crippen LogP contribution in [0, 0.1) is 11.8 Å². The number of carbonyl (C=O) groups is 1. The quantitative estimate of drug-likeness (QED) is 0.892. The summed E-state index contributed by atoms with van der Waals surface area (Å²) >= 11 is 5.99. The van der Waals surface area contributed by atoms with Gasteiger partial charge in [-0.25, -0.2) is 0 Å². The number of hydrogen-bond donors (Lipinski definition) is 2. The van der Waals surface area contributed by atoms with Gasteiger partial charge in [-0.15, -0.1) is 0 Å². The third-order valence-electron chi connectivity index (χ3n) is 3.74. The Balaban J connectivity index is 2.15. The number of likely N-dealkylation sites (tertiary alicyclic amines) is 1. The zero-order chi connectivity index (χ0) is 14.9. The summed E-state index contributed by atoms with van der Waals surface area (Å²) in [6.45, 7) is 3.55. The van der Waals surface area contributed by atoms with Gasteiger partial charge in [-0.2, -0.15) is 0 Å². The van der Waals surface area contributed by atoms with Gasteiger partial charge >= 0.3 is 5.97 Å². The lowest BCUT2D eigenvalue weighted by Gasteiger charge is -2.17. The summed E-state index contributed by atoms with van der Waals surface area (Å²) in [7, 11) is 1.47. The fourth-order valence-corrected chi connectivity index (χ4v) is 2.89. The molecular formula is C14H18ClNO4. The van der Waals surface area contributed by atoms with Crippen molar-refractivity contribution < 1.29 is 19.7 Å². The van der Waals surface area contributed by atoms with E-state index < -0.39 is 5.97 Å². The van der Waals surface area contributed by atoms with Gasteiger partial charge in [-0.3, -0.25) is 9.69 Å². The normalized spacial score (nSPS) is 22.9. The van der Waals surface area contributed by atoms with Crippen LogP contribution in [0.5, 0.6) is 11.5 Å². The monoisotopic (exact) mass is 299 g/mol. The maximum atomic E-state index is 11.1. The summed E-state index contributed by atoms with van der Waals surface area (Å²) < 4.78 is 5.06. The molecule has 0 bridgehead atoms. The van der Waals surface area contributed by atoms with Crippen LogP contribution in [0.3, 0.4) is 0 Å². The molecule has 1 aliphatic rings. The summed E-state index contributed by atoms with van der Waals surface area (Å²) in [5, 5.41) is 19.7. The standard InChI is InChI=1S/C14H18ClNO4/c1-8-5-16(7-11(8)14(18)19)6-9-3-10(15)4-12(20-2)13(9)17/h3-4,8,11,17H,5-7H2,1-2H3,(H,18,19). The molecule has 2 rings (SSSR count). The Morgan fingerprint density at radius 3 is 2.75 bits per heavy atom. The van der Waals surface area contributed by atoms with Crippen molar-refractivity contribution in [3.05, 3.63) is 22.7 Å². The number of phenolic OH excluding ortho intramolecular Hbond substituents is 1. The fraction of sp³-hybridized carbons (Fsp3) is 0.500. The minimum Gasteiger partial charge on any atom is -0.504 e. The van der Waals surface area contributed by atoms with Crippen LogP contribution in [0.25, 0.3) is 0 Å². The zero-order valence-electron chi connectivity index (χ0n) is 11.5. The van der Waals surface area contributed by atoms with Gasteiger partial charge in [-0.05, 0) is 12.0 Å². The molecule has 0 radical (unpaired) electrons. The highest BCUT2D eigenvalue weighted by Crippen LogP contribution is 2.35. The number of aliphatic carboxylic acids is 1. The van der Waals surface area contributed by atoms with E-state index in [2.05, 4.69) is 0 Å². The number of nitrogens with zero attached hydrogens (tertiary/aromatic N) is 1. The minimum atomic E-state index is -0.770. The summed E-state index contributed by atoms with van der Waals surface area (Å²) in [4.78, 5) is 13.1. The lowest BCUT2D eigenvalue weighted by molar-refractivity contribution is -0.142. The summed E-state index contributed by atoms with van der Waals surface area (Å²) in [6, 6.07) is 3.23. The first kappa shape index (κ1) is 14.9. The molecule has 0 amide bonds. The van der Waals surface area contributed by atoms with Crippen molar-refractivity contribution in [3.8, 4) is 11.5 Å². The number of hydrogen-bond acceptors (Lipinski definition) is 4. The van der Waals surface area contributed by atoms with Gasteiger partial charge in [0.15, 0.2) is 11.5 Å². The predicted octanol–water partition coefficient (Wildman–Crippen LogP) is 2.21. The fourth-order valence-electron chi connectivity index (χ4n) is 2.66. The Hall–Kier alpha value is -1.46. The van der Waals surface area contributed by atoms with Gasteiger partial charge in [-0.1, -0.05) is 18.5 Å². The Morgan fingerprint density at radius 2 is 2.20 bits per heavy atom. The second-order valence-corrected chi connectivity index (χ2v) is 5.67. The summed E-state index contributed by atoms with van der Waals surface area (Å²) in [5.41, 5.74) is 0.646. The molecular weight excluding hydrogens is 282 g/mol. The summed E-state index contributed by atoms with van der Waals surface area (Å²) in [6.07, 6.45) is 0. The van der Waals surface area contributed by atoms with E-state index >= 15 is 0 Å². The highest BCUT2D eigenvalue weighted by Gasteiger charge is 2.34. The van der Waals surface area contributed by atoms with E-state index in [9.17, 15) is 9.90 Å². The molecule has 1 heterocycles. The molecule has 110 valence electrons. The third kappa shape index (κ3) is 2.99. The molecule has 0 saturated carbocycles. The van der Waals surface area contributed by atoms with Crippen LogP contribution >= 0.6 is 11.6 Å². The smallest absolute Gasteiger partial charge is 0.308 e. The molecule has 2 unspecified atom stereocenters. The van der Waals surface area contributed by atoms with E-state index in [1.165, 1.54) is 7.11 Å². The number of aromatic hydroxyl groups is 1. The highest BCUT2D eigenvalue weighted by atomic mass is 35.5. The molecule has 5 nitrogen and oxygen atoms in total. The van der Waals surface area contributed by atoms with E-state index in [1.54, 1.807) is 12.1 Å². The zero-order valence-corrected chi connectivity index (χ0v) is 12.2. The predicted molar refractivity (Wildman–Crippen MR) is 75.2 cm³/mol. The van der Waals surface area contributed by atoms with E-state index in [-0.39, 0.29) is 17.6 Å². The van der Waals surface area contributed by atoms with E-state index in [4.69, 9.17) is 21.4 Å². The first-order valence-electron chi connectivity index (χ1n) is 6.43. The number of halogens is 1. The van der Waals surface area contributed by atoms with Gasteiger partial charge < -0.3 is 14.9 Å². The number of carboxylic acids is 1.